The molecule has 1 amide bonds. The van der Waals surface area contributed by atoms with Crippen LogP contribution in [0.4, 0.5) is 10.8 Å². The molecule has 0 radical (unpaired) electrons. The third kappa shape index (κ3) is 3.85. The van der Waals surface area contributed by atoms with Crippen molar-refractivity contribution in [3.63, 3.8) is 0 Å². The zero-order chi connectivity index (χ0) is 18.8. The Morgan fingerprint density at radius 2 is 2.08 bits per heavy atom. The van der Waals surface area contributed by atoms with Crippen LogP contribution >= 0.6 is 11.3 Å². The summed E-state index contributed by atoms with van der Waals surface area (Å²) in [6.45, 7) is 7.76. The predicted molar refractivity (Wildman–Crippen MR) is 103 cm³/mol. The van der Waals surface area contributed by atoms with Crippen LogP contribution in [0.15, 0.2) is 23.6 Å². The number of primary amides is 1. The maximum absolute atomic E-state index is 11.5. The van der Waals surface area contributed by atoms with Gasteiger partial charge in [0, 0.05) is 16.6 Å². The van der Waals surface area contributed by atoms with E-state index in [0.717, 1.165) is 22.9 Å². The molecule has 1 aromatic carbocycles. The Morgan fingerprint density at radius 3 is 2.69 bits per heavy atom. The van der Waals surface area contributed by atoms with Gasteiger partial charge in [0.2, 0.25) is 5.91 Å². The second kappa shape index (κ2) is 7.17. The van der Waals surface area contributed by atoms with Gasteiger partial charge in [0.1, 0.15) is 23.0 Å². The first-order valence-electron chi connectivity index (χ1n) is 8.20. The highest BCUT2D eigenvalue weighted by molar-refractivity contribution is 7.14. The molecule has 0 fully saturated rings. The molecule has 0 aliphatic heterocycles. The average Bonchev–Trinajstić information content (AvgIpc) is 3.14. The Bertz CT molecular complexity index is 945. The van der Waals surface area contributed by atoms with Crippen molar-refractivity contribution in [2.75, 3.05) is 5.32 Å². The number of thiazole rings is 1. The normalized spacial score (nSPS) is 11.0. The number of amides is 1. The van der Waals surface area contributed by atoms with Gasteiger partial charge in [0.05, 0.1) is 11.8 Å². The van der Waals surface area contributed by atoms with E-state index in [1.54, 1.807) is 18.2 Å². The van der Waals surface area contributed by atoms with E-state index >= 15 is 0 Å². The first-order chi connectivity index (χ1) is 12.3. The van der Waals surface area contributed by atoms with Crippen molar-refractivity contribution in [1.29, 1.82) is 0 Å². The van der Waals surface area contributed by atoms with Crippen molar-refractivity contribution in [1.82, 2.24) is 15.0 Å². The molecule has 0 unspecified atom stereocenters. The number of imidazole rings is 1. The van der Waals surface area contributed by atoms with Gasteiger partial charge in [-0.15, -0.1) is 11.3 Å². The van der Waals surface area contributed by atoms with E-state index in [4.69, 9.17) is 10.5 Å². The monoisotopic (exact) mass is 371 g/mol. The van der Waals surface area contributed by atoms with Gasteiger partial charge in [-0.2, -0.15) is 0 Å². The van der Waals surface area contributed by atoms with Crippen LogP contribution in [0.1, 0.15) is 35.7 Å². The molecule has 0 saturated carbocycles. The Hall–Kier alpha value is -2.87. The first kappa shape index (κ1) is 17.9. The molecule has 3 rings (SSSR count). The third-order valence-electron chi connectivity index (χ3n) is 3.62. The molecule has 0 atom stereocenters. The largest absolute Gasteiger partial charge is 0.489 e. The third-order valence-corrected chi connectivity index (χ3v) is 4.38. The van der Waals surface area contributed by atoms with Crippen molar-refractivity contribution in [3.8, 4) is 17.1 Å². The number of aromatic nitrogens is 3. The summed E-state index contributed by atoms with van der Waals surface area (Å²) in [5, 5.41) is 5.84. The number of nitrogens with zero attached hydrogens (tertiary/aromatic N) is 2. The lowest BCUT2D eigenvalue weighted by molar-refractivity contribution is 0.100. The molecular weight excluding hydrogens is 350 g/mol. The van der Waals surface area contributed by atoms with Crippen LogP contribution in [0.3, 0.4) is 0 Å². The highest BCUT2D eigenvalue weighted by atomic mass is 32.1. The molecule has 3 aromatic rings. The van der Waals surface area contributed by atoms with E-state index in [-0.39, 0.29) is 6.10 Å². The number of nitrogens with two attached hydrogens (primary N) is 1. The summed E-state index contributed by atoms with van der Waals surface area (Å²) in [6.07, 6.45) is -0.00323. The molecule has 26 heavy (non-hydrogen) atoms. The van der Waals surface area contributed by atoms with E-state index in [9.17, 15) is 4.79 Å². The summed E-state index contributed by atoms with van der Waals surface area (Å²) >= 11 is 1.45. The lowest BCUT2D eigenvalue weighted by Crippen LogP contribution is -2.12. The smallest absolute Gasteiger partial charge is 0.248 e. The maximum atomic E-state index is 11.5. The number of H-pyrrole nitrogens is 1. The van der Waals surface area contributed by atoms with E-state index < -0.39 is 5.91 Å². The van der Waals surface area contributed by atoms with Gasteiger partial charge in [-0.3, -0.25) is 4.79 Å². The van der Waals surface area contributed by atoms with Crippen LogP contribution in [-0.2, 0) is 0 Å². The lowest BCUT2D eigenvalue weighted by Gasteiger charge is -2.15. The number of aryl methyl sites for hydroxylation is 2. The minimum Gasteiger partial charge on any atom is -0.489 e. The van der Waals surface area contributed by atoms with E-state index in [2.05, 4.69) is 20.3 Å². The minimum absolute atomic E-state index is 0.00323. The molecule has 2 heterocycles. The van der Waals surface area contributed by atoms with Crippen LogP contribution in [0.25, 0.3) is 11.4 Å². The number of benzene rings is 1. The van der Waals surface area contributed by atoms with E-state index in [1.807, 2.05) is 33.1 Å². The number of aromatic amines is 1. The molecule has 7 nitrogen and oxygen atoms in total. The first-order valence-corrected chi connectivity index (χ1v) is 9.08. The second-order valence-electron chi connectivity index (χ2n) is 6.20. The SMILES string of the molecule is Cc1nc(-c2csc(Nc3cc(C(N)=O)ccc3OC(C)C)n2)c(C)[nH]1. The van der Waals surface area contributed by atoms with Crippen LogP contribution < -0.4 is 15.8 Å². The minimum atomic E-state index is -0.494. The van der Waals surface area contributed by atoms with Crippen molar-refractivity contribution in [2.24, 2.45) is 5.73 Å². The number of nitrogens with one attached hydrogen (secondary N) is 2. The standard InChI is InChI=1S/C18H21N5O2S/c1-9(2)25-15-6-5-12(17(19)24)7-13(15)22-18-23-14(8-26-18)16-10(3)20-11(4)21-16/h5-9H,1-4H3,(H2,19,24)(H,20,21)(H,22,23). The summed E-state index contributed by atoms with van der Waals surface area (Å²) in [6, 6.07) is 5.05. The summed E-state index contributed by atoms with van der Waals surface area (Å²) in [5.74, 6) is 0.988. The number of carbonyl (C=O) groups is 1. The quantitative estimate of drug-likeness (QED) is 0.611. The zero-order valence-corrected chi connectivity index (χ0v) is 15.9. The molecule has 0 aliphatic carbocycles. The van der Waals surface area contributed by atoms with Crippen molar-refractivity contribution >= 4 is 28.1 Å². The van der Waals surface area contributed by atoms with E-state index in [1.165, 1.54) is 11.3 Å². The predicted octanol–water partition coefficient (Wildman–Crippen LogP) is 3.78. The van der Waals surface area contributed by atoms with Gasteiger partial charge in [-0.1, -0.05) is 0 Å². The van der Waals surface area contributed by atoms with Crippen molar-refractivity contribution in [3.05, 3.63) is 40.7 Å². The van der Waals surface area contributed by atoms with Gasteiger partial charge in [-0.25, -0.2) is 9.97 Å². The number of carbonyl (C=O) groups excluding carboxylic acids is 1. The Balaban J connectivity index is 1.91. The highest BCUT2D eigenvalue weighted by Gasteiger charge is 2.14. The average molecular weight is 371 g/mol. The number of hydrogen-bond acceptors (Lipinski definition) is 6. The van der Waals surface area contributed by atoms with E-state index in [0.29, 0.717) is 22.1 Å². The molecular formula is C18H21N5O2S. The van der Waals surface area contributed by atoms with Gasteiger partial charge < -0.3 is 20.8 Å². The number of hydrogen-bond donors (Lipinski definition) is 3. The summed E-state index contributed by atoms with van der Waals surface area (Å²) in [4.78, 5) is 23.7. The molecule has 0 bridgehead atoms. The Labute approximate surface area is 155 Å². The fourth-order valence-corrected chi connectivity index (χ4v) is 3.26. The van der Waals surface area contributed by atoms with Gasteiger partial charge >= 0.3 is 0 Å². The fraction of sp³-hybridized carbons (Fsp3) is 0.278. The van der Waals surface area contributed by atoms with Gasteiger partial charge in [0.15, 0.2) is 5.13 Å². The van der Waals surface area contributed by atoms with Crippen molar-refractivity contribution in [2.45, 2.75) is 33.8 Å². The molecule has 0 spiro atoms. The van der Waals surface area contributed by atoms with Crippen LogP contribution in [0.5, 0.6) is 5.75 Å². The zero-order valence-electron chi connectivity index (χ0n) is 15.1. The topological polar surface area (TPSA) is 106 Å². The van der Waals surface area contributed by atoms with Gasteiger partial charge in [0.25, 0.3) is 0 Å². The molecule has 136 valence electrons. The Morgan fingerprint density at radius 1 is 1.31 bits per heavy atom. The Kier molecular flexibility index (Phi) is 4.94. The number of rotatable bonds is 6. The van der Waals surface area contributed by atoms with Gasteiger partial charge in [-0.05, 0) is 45.9 Å². The molecule has 0 aliphatic rings. The second-order valence-corrected chi connectivity index (χ2v) is 7.06. The van der Waals surface area contributed by atoms with Crippen molar-refractivity contribution < 1.29 is 9.53 Å². The number of ether oxygens (including phenoxy) is 1. The molecule has 0 saturated heterocycles. The maximum Gasteiger partial charge on any atom is 0.248 e. The summed E-state index contributed by atoms with van der Waals surface area (Å²) in [7, 11) is 0. The lowest BCUT2D eigenvalue weighted by atomic mass is 10.1. The molecule has 8 heteroatoms. The van der Waals surface area contributed by atoms with Crippen LogP contribution in [0.2, 0.25) is 0 Å². The van der Waals surface area contributed by atoms with Crippen LogP contribution in [0, 0.1) is 13.8 Å². The summed E-state index contributed by atoms with van der Waals surface area (Å²) < 4.78 is 5.81. The highest BCUT2D eigenvalue weighted by Crippen LogP contribution is 2.33. The molecule has 2 aromatic heterocycles. The summed E-state index contributed by atoms with van der Waals surface area (Å²) in [5.41, 5.74) is 9.03. The van der Waals surface area contributed by atoms with Crippen LogP contribution in [-0.4, -0.2) is 27.0 Å². The fourth-order valence-electron chi connectivity index (χ4n) is 2.55. The molecule has 4 N–H and O–H groups in total. The number of anilines is 2.